The number of hydrogen-bond donors (Lipinski definition) is 4. The SMILES string of the molecule is Cn1cc(C2CC3C(CN2)NNC3c2cccc(N3C[C@@H](N)C[C@@H](F)C3)n2)cn1. The van der Waals surface area contributed by atoms with Crippen LogP contribution in [0.15, 0.2) is 30.6 Å². The van der Waals surface area contributed by atoms with Crippen molar-refractivity contribution in [2.24, 2.45) is 18.7 Å². The Morgan fingerprint density at radius 2 is 2.10 bits per heavy atom. The number of halogens is 1. The predicted octanol–water partition coefficient (Wildman–Crippen LogP) is 0.559. The zero-order valence-corrected chi connectivity index (χ0v) is 16.6. The maximum absolute atomic E-state index is 14.0. The summed E-state index contributed by atoms with van der Waals surface area (Å²) >= 11 is 0. The van der Waals surface area contributed by atoms with Crippen molar-refractivity contribution in [3.63, 3.8) is 0 Å². The summed E-state index contributed by atoms with van der Waals surface area (Å²) in [5.74, 6) is 1.21. The van der Waals surface area contributed by atoms with Crippen LogP contribution in [0.25, 0.3) is 0 Å². The summed E-state index contributed by atoms with van der Waals surface area (Å²) in [6.07, 6.45) is 4.54. The molecule has 29 heavy (non-hydrogen) atoms. The second-order valence-corrected chi connectivity index (χ2v) is 8.60. The van der Waals surface area contributed by atoms with Gasteiger partial charge in [-0.15, -0.1) is 0 Å². The molecule has 0 aromatic carbocycles. The van der Waals surface area contributed by atoms with Crippen molar-refractivity contribution in [3.8, 4) is 0 Å². The number of nitrogens with one attached hydrogen (secondary N) is 3. The number of pyridine rings is 1. The van der Waals surface area contributed by atoms with Crippen molar-refractivity contribution in [2.75, 3.05) is 24.5 Å². The maximum atomic E-state index is 14.0. The predicted molar refractivity (Wildman–Crippen MR) is 109 cm³/mol. The third kappa shape index (κ3) is 3.75. The number of nitrogens with two attached hydrogens (primary N) is 1. The summed E-state index contributed by atoms with van der Waals surface area (Å²) in [5, 5.41) is 7.94. The van der Waals surface area contributed by atoms with Gasteiger partial charge in [-0.05, 0) is 25.0 Å². The highest BCUT2D eigenvalue weighted by atomic mass is 19.1. The molecule has 0 amide bonds. The van der Waals surface area contributed by atoms with Crippen molar-refractivity contribution in [1.82, 2.24) is 30.9 Å². The lowest BCUT2D eigenvalue weighted by Crippen LogP contribution is -2.48. The van der Waals surface area contributed by atoms with Crippen LogP contribution in [0.4, 0.5) is 10.2 Å². The van der Waals surface area contributed by atoms with Crippen LogP contribution in [0.1, 0.15) is 36.2 Å². The van der Waals surface area contributed by atoms with Crippen molar-refractivity contribution < 1.29 is 4.39 Å². The van der Waals surface area contributed by atoms with E-state index in [1.54, 1.807) is 0 Å². The number of anilines is 1. The Bertz CT molecular complexity index is 847. The third-order valence-electron chi connectivity index (χ3n) is 6.42. The molecule has 5 heterocycles. The molecule has 0 radical (unpaired) electrons. The average Bonchev–Trinajstić information content (AvgIpc) is 3.33. The maximum Gasteiger partial charge on any atom is 0.129 e. The molecule has 2 aromatic rings. The van der Waals surface area contributed by atoms with Crippen molar-refractivity contribution in [2.45, 2.75) is 43.2 Å². The van der Waals surface area contributed by atoms with Crippen LogP contribution in [-0.4, -0.2) is 52.7 Å². The Labute approximate surface area is 170 Å². The lowest BCUT2D eigenvalue weighted by atomic mass is 9.82. The molecule has 3 aliphatic heterocycles. The highest BCUT2D eigenvalue weighted by molar-refractivity contribution is 5.41. The first kappa shape index (κ1) is 18.9. The van der Waals surface area contributed by atoms with Crippen LogP contribution in [0.5, 0.6) is 0 Å². The molecule has 6 atom stereocenters. The van der Waals surface area contributed by atoms with Gasteiger partial charge >= 0.3 is 0 Å². The minimum Gasteiger partial charge on any atom is -0.352 e. The second-order valence-electron chi connectivity index (χ2n) is 8.60. The van der Waals surface area contributed by atoms with Gasteiger partial charge in [-0.25, -0.2) is 14.8 Å². The minimum absolute atomic E-state index is 0.112. The number of aryl methyl sites for hydroxylation is 1. The number of piperidine rings is 2. The fourth-order valence-corrected chi connectivity index (χ4v) is 4.99. The van der Waals surface area contributed by atoms with Gasteiger partial charge in [-0.3, -0.25) is 10.1 Å². The van der Waals surface area contributed by atoms with Gasteiger partial charge in [0.25, 0.3) is 0 Å². The molecule has 0 saturated carbocycles. The largest absolute Gasteiger partial charge is 0.352 e. The molecule has 9 heteroatoms. The molecular weight excluding hydrogens is 371 g/mol. The smallest absolute Gasteiger partial charge is 0.129 e. The van der Waals surface area contributed by atoms with E-state index in [0.29, 0.717) is 31.5 Å². The lowest BCUT2D eigenvalue weighted by Gasteiger charge is -2.35. The summed E-state index contributed by atoms with van der Waals surface area (Å²) in [7, 11) is 1.94. The van der Waals surface area contributed by atoms with Crippen LogP contribution in [0.2, 0.25) is 0 Å². The molecule has 0 spiro atoms. The molecule has 156 valence electrons. The van der Waals surface area contributed by atoms with Crippen LogP contribution < -0.4 is 26.8 Å². The van der Waals surface area contributed by atoms with Crippen molar-refractivity contribution >= 4 is 5.82 Å². The molecule has 0 bridgehead atoms. The molecule has 0 aliphatic carbocycles. The molecule has 5 rings (SSSR count). The van der Waals surface area contributed by atoms with Crippen LogP contribution >= 0.6 is 0 Å². The molecule has 3 fully saturated rings. The highest BCUT2D eigenvalue weighted by Gasteiger charge is 2.42. The zero-order valence-electron chi connectivity index (χ0n) is 16.6. The van der Waals surface area contributed by atoms with E-state index in [1.807, 2.05) is 35.0 Å². The Balaban J connectivity index is 1.35. The van der Waals surface area contributed by atoms with E-state index in [-0.39, 0.29) is 18.1 Å². The number of fused-ring (bicyclic) bond motifs is 1. The lowest BCUT2D eigenvalue weighted by molar-refractivity contribution is 0.264. The topological polar surface area (TPSA) is 96.1 Å². The minimum atomic E-state index is -0.899. The first-order chi connectivity index (χ1) is 14.1. The number of hydrogen-bond acceptors (Lipinski definition) is 7. The van der Waals surface area contributed by atoms with Crippen molar-refractivity contribution in [3.05, 3.63) is 41.9 Å². The molecule has 4 unspecified atom stereocenters. The summed E-state index contributed by atoms with van der Waals surface area (Å²) in [6, 6.07) is 6.62. The van der Waals surface area contributed by atoms with E-state index >= 15 is 0 Å². The number of rotatable bonds is 3. The Morgan fingerprint density at radius 1 is 1.21 bits per heavy atom. The van der Waals surface area contributed by atoms with E-state index in [1.165, 1.54) is 5.56 Å². The van der Waals surface area contributed by atoms with Crippen molar-refractivity contribution in [1.29, 1.82) is 0 Å². The van der Waals surface area contributed by atoms with E-state index in [4.69, 9.17) is 10.7 Å². The Kier molecular flexibility index (Phi) is 4.99. The molecule has 3 saturated heterocycles. The fourth-order valence-electron chi connectivity index (χ4n) is 4.99. The standard InChI is InChI=1S/C20H29FN8/c1-28-9-12(7-24-28)17-6-15-18(8-23-17)26-27-20(15)16-3-2-4-19(25-16)29-10-13(21)5-14(22)11-29/h2-4,7,9,13-15,17-18,20,23,26-27H,5-6,8,10-11,22H2,1H3/t13-,14+,15?,17?,18?,20?/m1/s1. The van der Waals surface area contributed by atoms with Gasteiger partial charge in [0, 0.05) is 55.9 Å². The second kappa shape index (κ2) is 7.64. The summed E-state index contributed by atoms with van der Waals surface area (Å²) in [5.41, 5.74) is 15.1. The van der Waals surface area contributed by atoms with E-state index in [9.17, 15) is 4.39 Å². The summed E-state index contributed by atoms with van der Waals surface area (Å²) in [4.78, 5) is 6.88. The molecular formula is C20H29FN8. The van der Waals surface area contributed by atoms with Gasteiger partial charge in [0.2, 0.25) is 0 Å². The number of nitrogens with zero attached hydrogens (tertiary/aromatic N) is 4. The Hall–Kier alpha value is -2.07. The average molecular weight is 401 g/mol. The summed E-state index contributed by atoms with van der Waals surface area (Å²) in [6.45, 7) is 1.89. The number of alkyl halides is 1. The van der Waals surface area contributed by atoms with Gasteiger partial charge in [-0.2, -0.15) is 5.10 Å². The third-order valence-corrected chi connectivity index (χ3v) is 6.42. The monoisotopic (exact) mass is 400 g/mol. The molecule has 2 aromatic heterocycles. The van der Waals surface area contributed by atoms with E-state index < -0.39 is 6.17 Å². The first-order valence-electron chi connectivity index (χ1n) is 10.4. The fraction of sp³-hybridized carbons (Fsp3) is 0.600. The van der Waals surface area contributed by atoms with Gasteiger partial charge < -0.3 is 16.0 Å². The van der Waals surface area contributed by atoms with Gasteiger partial charge in [-0.1, -0.05) is 6.07 Å². The van der Waals surface area contributed by atoms with Crippen LogP contribution in [0.3, 0.4) is 0 Å². The van der Waals surface area contributed by atoms with E-state index in [0.717, 1.165) is 24.5 Å². The van der Waals surface area contributed by atoms with E-state index in [2.05, 4.69) is 33.5 Å². The van der Waals surface area contributed by atoms with Gasteiger partial charge in [0.05, 0.1) is 24.5 Å². The Morgan fingerprint density at radius 3 is 2.90 bits per heavy atom. The molecule has 3 aliphatic rings. The quantitative estimate of drug-likeness (QED) is 0.598. The molecule has 8 nitrogen and oxygen atoms in total. The van der Waals surface area contributed by atoms with Crippen LogP contribution in [0, 0.1) is 5.92 Å². The van der Waals surface area contributed by atoms with Crippen LogP contribution in [-0.2, 0) is 7.05 Å². The number of aromatic nitrogens is 3. The van der Waals surface area contributed by atoms with Gasteiger partial charge in [0.1, 0.15) is 12.0 Å². The highest BCUT2D eigenvalue weighted by Crippen LogP contribution is 2.38. The van der Waals surface area contributed by atoms with Gasteiger partial charge in [0.15, 0.2) is 0 Å². The normalized spacial score (nSPS) is 34.9. The first-order valence-corrected chi connectivity index (χ1v) is 10.4. The summed E-state index contributed by atoms with van der Waals surface area (Å²) < 4.78 is 15.9. The number of hydrazine groups is 1. The molecule has 5 N–H and O–H groups in total. The zero-order chi connectivity index (χ0) is 20.0.